The maximum atomic E-state index is 13.0. The van der Waals surface area contributed by atoms with Crippen molar-refractivity contribution >= 4 is 28.2 Å². The van der Waals surface area contributed by atoms with Crippen LogP contribution in [-0.2, 0) is 12.8 Å². The quantitative estimate of drug-likeness (QED) is 0.840. The summed E-state index contributed by atoms with van der Waals surface area (Å²) in [5, 5.41) is 10.6. The highest BCUT2D eigenvalue weighted by atomic mass is 32.2. The normalized spacial score (nSPS) is 16.2. The van der Waals surface area contributed by atoms with E-state index in [1.807, 2.05) is 37.3 Å². The minimum Gasteiger partial charge on any atom is -0.507 e. The van der Waals surface area contributed by atoms with Crippen molar-refractivity contribution in [1.82, 2.24) is 4.57 Å². The van der Waals surface area contributed by atoms with Crippen LogP contribution in [0.5, 0.6) is 5.75 Å². The molecule has 0 amide bonds. The number of nitrogens with zero attached hydrogens (tertiary/aromatic N) is 1. The Labute approximate surface area is 145 Å². The lowest BCUT2D eigenvalue weighted by atomic mass is 9.98. The van der Waals surface area contributed by atoms with Crippen molar-refractivity contribution in [3.63, 3.8) is 0 Å². The van der Waals surface area contributed by atoms with Crippen LogP contribution in [0.4, 0.5) is 0 Å². The van der Waals surface area contributed by atoms with Crippen molar-refractivity contribution in [1.29, 1.82) is 0 Å². The van der Waals surface area contributed by atoms with Crippen LogP contribution in [-0.4, -0.2) is 18.6 Å². The van der Waals surface area contributed by atoms with Crippen LogP contribution in [0.2, 0.25) is 0 Å². The molecule has 2 aromatic rings. The fraction of sp³-hybridized carbons (Fsp3) is 0.333. The molecular formula is C18H19NO2S2. The molecule has 1 aliphatic heterocycles. The summed E-state index contributed by atoms with van der Waals surface area (Å²) >= 11 is 7.13. The predicted octanol–water partition coefficient (Wildman–Crippen LogP) is 3.85. The van der Waals surface area contributed by atoms with Crippen LogP contribution in [0.25, 0.3) is 5.69 Å². The summed E-state index contributed by atoms with van der Waals surface area (Å²) in [6.45, 7) is 6.09. The molecule has 1 aliphatic rings. The van der Waals surface area contributed by atoms with Gasteiger partial charge in [-0.2, -0.15) is 0 Å². The minimum atomic E-state index is -0.152. The van der Waals surface area contributed by atoms with E-state index >= 15 is 0 Å². The molecule has 0 atom stereocenters. The number of hydrogen-bond acceptors (Lipinski definition) is 4. The van der Waals surface area contributed by atoms with Gasteiger partial charge >= 0.3 is 0 Å². The second kappa shape index (κ2) is 5.80. The second-order valence-electron chi connectivity index (χ2n) is 6.30. The van der Waals surface area contributed by atoms with E-state index in [4.69, 9.17) is 12.2 Å². The Morgan fingerprint density at radius 1 is 1.30 bits per heavy atom. The van der Waals surface area contributed by atoms with Crippen molar-refractivity contribution in [2.75, 3.05) is 0 Å². The first kappa shape index (κ1) is 16.3. The first-order valence-electron chi connectivity index (χ1n) is 7.64. The Kier molecular flexibility index (Phi) is 4.10. The van der Waals surface area contributed by atoms with E-state index < -0.39 is 0 Å². The van der Waals surface area contributed by atoms with Crippen molar-refractivity contribution in [2.24, 2.45) is 0 Å². The summed E-state index contributed by atoms with van der Waals surface area (Å²) in [5.41, 5.74) is 2.55. The monoisotopic (exact) mass is 345 g/mol. The molecule has 3 nitrogen and oxygen atoms in total. The highest BCUT2D eigenvalue weighted by Crippen LogP contribution is 2.42. The highest BCUT2D eigenvalue weighted by molar-refractivity contribution is 8.24. The second-order valence-corrected chi connectivity index (χ2v) is 8.69. The molecule has 0 fully saturated rings. The molecule has 120 valence electrons. The van der Waals surface area contributed by atoms with Gasteiger partial charge in [-0.05, 0) is 32.4 Å². The number of thiocarbonyl (C=S) groups is 1. The third kappa shape index (κ3) is 2.72. The van der Waals surface area contributed by atoms with Crippen LogP contribution in [0.1, 0.15) is 37.6 Å². The Morgan fingerprint density at radius 3 is 2.57 bits per heavy atom. The Balaban J connectivity index is 2.42. The number of fused-ring (bicyclic) bond motifs is 1. The molecule has 0 saturated heterocycles. The first-order chi connectivity index (χ1) is 10.9. The number of benzene rings is 1. The van der Waals surface area contributed by atoms with E-state index in [-0.39, 0.29) is 16.1 Å². The number of hydrogen-bond donors (Lipinski definition) is 1. The van der Waals surface area contributed by atoms with E-state index in [1.54, 1.807) is 16.3 Å². The molecule has 1 aromatic carbocycles. The maximum Gasteiger partial charge on any atom is 0.262 e. The van der Waals surface area contributed by atoms with Gasteiger partial charge in [0.05, 0.1) is 15.3 Å². The molecule has 0 spiro atoms. The van der Waals surface area contributed by atoms with Gasteiger partial charge < -0.3 is 5.11 Å². The smallest absolute Gasteiger partial charge is 0.262 e. The van der Waals surface area contributed by atoms with Crippen molar-refractivity contribution < 1.29 is 5.11 Å². The van der Waals surface area contributed by atoms with Gasteiger partial charge in [0.25, 0.3) is 5.56 Å². The molecule has 3 rings (SSSR count). The molecule has 0 saturated carbocycles. The summed E-state index contributed by atoms with van der Waals surface area (Å²) in [4.78, 5) is 13.0. The van der Waals surface area contributed by atoms with Crippen molar-refractivity contribution in [2.45, 2.75) is 38.4 Å². The van der Waals surface area contributed by atoms with E-state index in [0.29, 0.717) is 28.2 Å². The van der Waals surface area contributed by atoms with Gasteiger partial charge in [0.15, 0.2) is 0 Å². The SMILES string of the molecule is CCc1c(O)c2c(n(-c3ccccc3)c1=O)CC(C)(C)SC2=S. The molecular weight excluding hydrogens is 326 g/mol. The molecule has 0 aliphatic carbocycles. The Hall–Kier alpha value is -1.59. The molecule has 23 heavy (non-hydrogen) atoms. The Morgan fingerprint density at radius 2 is 1.96 bits per heavy atom. The minimum absolute atomic E-state index is 0.0627. The van der Waals surface area contributed by atoms with Crippen LogP contribution in [0.15, 0.2) is 35.1 Å². The zero-order valence-corrected chi connectivity index (χ0v) is 15.1. The fourth-order valence-electron chi connectivity index (χ4n) is 3.05. The Bertz CT molecular complexity index is 838. The molecule has 0 radical (unpaired) electrons. The summed E-state index contributed by atoms with van der Waals surface area (Å²) < 4.78 is 2.28. The van der Waals surface area contributed by atoms with Gasteiger partial charge in [-0.25, -0.2) is 0 Å². The van der Waals surface area contributed by atoms with E-state index in [0.717, 1.165) is 11.4 Å². The first-order valence-corrected chi connectivity index (χ1v) is 8.86. The molecule has 1 N–H and O–H groups in total. The largest absolute Gasteiger partial charge is 0.507 e. The van der Waals surface area contributed by atoms with Crippen LogP contribution >= 0.6 is 24.0 Å². The number of rotatable bonds is 2. The maximum absolute atomic E-state index is 13.0. The molecule has 1 aromatic heterocycles. The average molecular weight is 345 g/mol. The standard InChI is InChI=1S/C18H19NO2S2/c1-4-12-15(20)14-13(10-18(2,3)23-17(14)22)19(16(12)21)11-8-6-5-7-9-11/h5-9,20H,4,10H2,1-3H3. The van der Waals surface area contributed by atoms with E-state index in [1.165, 1.54) is 0 Å². The molecule has 2 heterocycles. The number of para-hydroxylation sites is 1. The number of aromatic hydroxyl groups is 1. The topological polar surface area (TPSA) is 42.2 Å². The third-order valence-corrected chi connectivity index (χ3v) is 5.62. The van der Waals surface area contributed by atoms with E-state index in [2.05, 4.69) is 13.8 Å². The number of thioether (sulfide) groups is 1. The zero-order chi connectivity index (χ0) is 16.8. The van der Waals surface area contributed by atoms with Crippen LogP contribution < -0.4 is 5.56 Å². The highest BCUT2D eigenvalue weighted by Gasteiger charge is 2.35. The molecule has 0 bridgehead atoms. The molecule has 0 unspecified atom stereocenters. The van der Waals surface area contributed by atoms with Gasteiger partial charge in [-0.15, -0.1) is 11.8 Å². The van der Waals surface area contributed by atoms with Gasteiger partial charge in [0.2, 0.25) is 0 Å². The zero-order valence-electron chi connectivity index (χ0n) is 13.4. The summed E-state index contributed by atoms with van der Waals surface area (Å²) in [7, 11) is 0. The van der Waals surface area contributed by atoms with Crippen molar-refractivity contribution in [3.05, 3.63) is 57.5 Å². The van der Waals surface area contributed by atoms with Gasteiger partial charge in [0.1, 0.15) is 5.75 Å². The molecule has 5 heteroatoms. The number of pyridine rings is 1. The predicted molar refractivity (Wildman–Crippen MR) is 100 cm³/mol. The lowest BCUT2D eigenvalue weighted by molar-refractivity contribution is 0.461. The summed E-state index contributed by atoms with van der Waals surface area (Å²) in [5.74, 6) is 0.0627. The van der Waals surface area contributed by atoms with Crippen LogP contribution in [0.3, 0.4) is 0 Å². The van der Waals surface area contributed by atoms with Crippen molar-refractivity contribution in [3.8, 4) is 11.4 Å². The summed E-state index contributed by atoms with van der Waals surface area (Å²) in [6, 6.07) is 9.57. The number of aromatic nitrogens is 1. The third-order valence-electron chi connectivity index (χ3n) is 4.08. The van der Waals surface area contributed by atoms with Gasteiger partial charge in [0, 0.05) is 22.5 Å². The lowest BCUT2D eigenvalue weighted by Gasteiger charge is -2.33. The summed E-state index contributed by atoms with van der Waals surface area (Å²) in [6.07, 6.45) is 1.15. The fourth-order valence-corrected chi connectivity index (χ4v) is 4.97. The average Bonchev–Trinajstić information content (AvgIpc) is 2.47. The lowest BCUT2D eigenvalue weighted by Crippen LogP contribution is -2.35. The van der Waals surface area contributed by atoms with Crippen LogP contribution in [0, 0.1) is 0 Å². The van der Waals surface area contributed by atoms with E-state index in [9.17, 15) is 9.90 Å². The van der Waals surface area contributed by atoms with Gasteiger partial charge in [-0.1, -0.05) is 37.3 Å². The van der Waals surface area contributed by atoms with Gasteiger partial charge in [-0.3, -0.25) is 9.36 Å².